The molecule has 7 rings (SSSR count). The first-order chi connectivity index (χ1) is 23.4. The summed E-state index contributed by atoms with van der Waals surface area (Å²) in [5.74, 6) is 2.20. The van der Waals surface area contributed by atoms with Gasteiger partial charge in [0.25, 0.3) is 15.1 Å². The smallest absolute Gasteiger partial charge is 0.265 e. The van der Waals surface area contributed by atoms with Crippen LogP contribution in [0.4, 0.5) is 5.69 Å². The Labute approximate surface area is 292 Å². The fourth-order valence-electron chi connectivity index (χ4n) is 7.19. The molecule has 0 spiro atoms. The number of nitrogens with zero attached hydrogens (tertiary/aromatic N) is 3. The Morgan fingerprint density at radius 2 is 1.90 bits per heavy atom. The second-order valence-corrected chi connectivity index (χ2v) is 16.3. The van der Waals surface area contributed by atoms with E-state index >= 15 is 0 Å². The van der Waals surface area contributed by atoms with Gasteiger partial charge in [-0.1, -0.05) is 49.5 Å². The van der Waals surface area contributed by atoms with Gasteiger partial charge in [-0.3, -0.25) is 4.55 Å². The number of anilines is 1. The molecule has 2 aromatic heterocycles. The van der Waals surface area contributed by atoms with E-state index in [-0.39, 0.29) is 11.2 Å². The molecule has 1 N–H and O–H groups in total. The Morgan fingerprint density at radius 3 is 2.67 bits per heavy atom. The normalized spacial score (nSPS) is 17.6. The van der Waals surface area contributed by atoms with Crippen molar-refractivity contribution in [3.8, 4) is 17.2 Å². The lowest BCUT2D eigenvalue weighted by Crippen LogP contribution is -2.36. The first-order valence-corrected chi connectivity index (χ1v) is 19.1. The molecule has 3 heterocycles. The number of hydrogen-bond acceptors (Lipinski definition) is 6. The number of benzene rings is 3. The third-order valence-electron chi connectivity index (χ3n) is 9.29. The zero-order valence-corrected chi connectivity index (χ0v) is 30.2. The standard InChI is InChI=1S/C39H41N3O5S2/c1-6-40-32-22-30(41-16-14-29-10-7-8-11-31(29)41)12-13-34(32)47-37(40)20-27-19-28(25-39(3,4)24-27)21-38-42(15-9-17-49(43,44)45)33-18-26(2)35(46-5)23-36(33)48-38/h7-8,10-14,16,18-23H,6,9,15,17,24-25H2,1-5H3/p+1. The van der Waals surface area contributed by atoms with Crippen molar-refractivity contribution in [3.63, 3.8) is 0 Å². The molecular formula is C39H42N3O5S2+. The number of ether oxygens (including phenoxy) is 2. The van der Waals surface area contributed by atoms with Crippen molar-refractivity contribution in [2.24, 2.45) is 5.41 Å². The maximum atomic E-state index is 11.5. The van der Waals surface area contributed by atoms with Gasteiger partial charge in [-0.2, -0.15) is 13.0 Å². The van der Waals surface area contributed by atoms with Crippen LogP contribution in [0.15, 0.2) is 96.0 Å². The van der Waals surface area contributed by atoms with E-state index in [1.54, 1.807) is 18.4 Å². The predicted molar refractivity (Wildman–Crippen MR) is 198 cm³/mol. The van der Waals surface area contributed by atoms with Crippen molar-refractivity contribution >= 4 is 54.3 Å². The summed E-state index contributed by atoms with van der Waals surface area (Å²) in [6.45, 7) is 9.97. The Kier molecular flexibility index (Phi) is 8.67. The van der Waals surface area contributed by atoms with Crippen molar-refractivity contribution in [1.82, 2.24) is 4.57 Å². The molecule has 0 radical (unpaired) electrons. The molecular weight excluding hydrogens is 655 g/mol. The lowest BCUT2D eigenvalue weighted by atomic mass is 9.75. The number of hydrogen-bond donors (Lipinski definition) is 1. The van der Waals surface area contributed by atoms with Crippen LogP contribution >= 0.6 is 11.3 Å². The minimum atomic E-state index is -4.05. The van der Waals surface area contributed by atoms with Crippen molar-refractivity contribution in [3.05, 3.63) is 107 Å². The van der Waals surface area contributed by atoms with Gasteiger partial charge in [0.05, 0.1) is 24.1 Å². The van der Waals surface area contributed by atoms with Gasteiger partial charge in [0.2, 0.25) is 11.4 Å². The molecule has 49 heavy (non-hydrogen) atoms. The topological polar surface area (TPSA) is 84.9 Å². The second-order valence-electron chi connectivity index (χ2n) is 13.7. The van der Waals surface area contributed by atoms with Crippen LogP contribution in [-0.2, 0) is 16.7 Å². The average molecular weight is 697 g/mol. The van der Waals surface area contributed by atoms with Crippen LogP contribution in [0.25, 0.3) is 32.9 Å². The van der Waals surface area contributed by atoms with Crippen molar-refractivity contribution in [2.75, 3.05) is 24.3 Å². The van der Waals surface area contributed by atoms with E-state index in [1.165, 1.54) is 22.0 Å². The SMILES string of the molecule is CCN1/C(=C/C2=CC(=C\c3sc4cc(OC)c(C)cc4[n+]3CCCS(=O)(=O)O)/CC(C)(C)C2)Oc2ccc(-n3ccc4ccccc43)cc21. The molecule has 5 aromatic rings. The van der Waals surface area contributed by atoms with Gasteiger partial charge in [0, 0.05) is 49.1 Å². The van der Waals surface area contributed by atoms with Gasteiger partial charge in [-0.05, 0) is 84.5 Å². The van der Waals surface area contributed by atoms with Gasteiger partial charge in [-0.15, -0.1) is 0 Å². The van der Waals surface area contributed by atoms with Crippen molar-refractivity contribution < 1.29 is 27.0 Å². The molecule has 0 fully saturated rings. The molecule has 10 heteroatoms. The summed E-state index contributed by atoms with van der Waals surface area (Å²) in [6.07, 6.45) is 10.9. The molecule has 1 aliphatic heterocycles. The van der Waals surface area contributed by atoms with Gasteiger partial charge in [0.15, 0.2) is 12.3 Å². The first kappa shape index (κ1) is 33.1. The number of aromatic nitrogens is 2. The van der Waals surface area contributed by atoms with Gasteiger partial charge in [0.1, 0.15) is 10.4 Å². The Morgan fingerprint density at radius 1 is 1.08 bits per heavy atom. The Hall–Kier alpha value is -4.38. The molecule has 1 aliphatic carbocycles. The number of para-hydroxylation sites is 1. The molecule has 254 valence electrons. The maximum absolute atomic E-state index is 11.5. The molecule has 0 amide bonds. The van der Waals surface area contributed by atoms with Crippen LogP contribution in [0.3, 0.4) is 0 Å². The van der Waals surface area contributed by atoms with Crippen LogP contribution in [0.5, 0.6) is 11.5 Å². The lowest BCUT2D eigenvalue weighted by molar-refractivity contribution is -0.668. The quantitative estimate of drug-likeness (QED) is 0.123. The number of allylic oxidation sites excluding steroid dienone is 4. The summed E-state index contributed by atoms with van der Waals surface area (Å²) in [5, 5.41) is 2.23. The fraction of sp³-hybridized carbons (Fsp3) is 0.308. The van der Waals surface area contributed by atoms with Crippen LogP contribution in [0.2, 0.25) is 0 Å². The highest BCUT2D eigenvalue weighted by Gasteiger charge is 2.30. The number of methoxy groups -OCH3 is 1. The zero-order chi connectivity index (χ0) is 34.5. The van der Waals surface area contributed by atoms with Gasteiger partial charge in [-0.25, -0.2) is 0 Å². The van der Waals surface area contributed by atoms with Crippen LogP contribution in [0, 0.1) is 12.3 Å². The van der Waals surface area contributed by atoms with E-state index in [0.717, 1.165) is 68.9 Å². The van der Waals surface area contributed by atoms with Gasteiger partial charge < -0.3 is 18.9 Å². The van der Waals surface area contributed by atoms with E-state index in [9.17, 15) is 13.0 Å². The number of rotatable bonds is 9. The summed E-state index contributed by atoms with van der Waals surface area (Å²) in [4.78, 5) is 2.24. The summed E-state index contributed by atoms with van der Waals surface area (Å²) in [5.41, 5.74) is 7.75. The maximum Gasteiger partial charge on any atom is 0.265 e. The molecule has 0 unspecified atom stereocenters. The zero-order valence-electron chi connectivity index (χ0n) is 28.6. The summed E-state index contributed by atoms with van der Waals surface area (Å²) < 4.78 is 50.0. The van der Waals surface area contributed by atoms with E-state index in [1.807, 2.05) is 13.0 Å². The summed E-state index contributed by atoms with van der Waals surface area (Å²) in [7, 11) is -2.38. The molecule has 3 aromatic carbocycles. The summed E-state index contributed by atoms with van der Waals surface area (Å²) in [6, 6.07) is 21.1. The molecule has 0 bridgehead atoms. The van der Waals surface area contributed by atoms with E-state index in [0.29, 0.717) is 13.0 Å². The Bertz CT molecular complexity index is 2290. The number of aryl methyl sites for hydroxylation is 2. The van der Waals surface area contributed by atoms with E-state index in [4.69, 9.17) is 9.47 Å². The molecule has 0 saturated heterocycles. The van der Waals surface area contributed by atoms with Crippen molar-refractivity contribution in [1.29, 1.82) is 0 Å². The second kappa shape index (κ2) is 12.8. The number of thiazole rings is 1. The van der Waals surface area contributed by atoms with E-state index in [2.05, 4.69) is 114 Å². The third kappa shape index (κ3) is 6.77. The lowest BCUT2D eigenvalue weighted by Gasteiger charge is -2.30. The third-order valence-corrected chi connectivity index (χ3v) is 11.2. The first-order valence-electron chi connectivity index (χ1n) is 16.7. The van der Waals surface area contributed by atoms with Crippen LogP contribution < -0.4 is 18.9 Å². The fourth-order valence-corrected chi connectivity index (χ4v) is 8.86. The molecule has 0 saturated carbocycles. The Balaban J connectivity index is 1.24. The minimum absolute atomic E-state index is 0.0183. The highest BCUT2D eigenvalue weighted by molar-refractivity contribution is 7.85. The molecule has 8 nitrogen and oxygen atoms in total. The highest BCUT2D eigenvalue weighted by atomic mass is 32.2. The molecule has 0 atom stereocenters. The van der Waals surface area contributed by atoms with Crippen LogP contribution in [-0.4, -0.2) is 36.9 Å². The monoisotopic (exact) mass is 696 g/mol. The molecule has 2 aliphatic rings. The predicted octanol–water partition coefficient (Wildman–Crippen LogP) is 8.62. The average Bonchev–Trinajstić information content (AvgIpc) is 3.72. The van der Waals surface area contributed by atoms with Crippen LogP contribution in [0.1, 0.15) is 50.6 Å². The number of fused-ring (bicyclic) bond motifs is 3. The highest BCUT2D eigenvalue weighted by Crippen LogP contribution is 2.44. The van der Waals surface area contributed by atoms with E-state index < -0.39 is 10.1 Å². The largest absolute Gasteiger partial charge is 0.496 e. The van der Waals surface area contributed by atoms with Gasteiger partial charge >= 0.3 is 0 Å². The van der Waals surface area contributed by atoms with Crippen molar-refractivity contribution in [2.45, 2.75) is 53.5 Å². The minimum Gasteiger partial charge on any atom is -0.496 e. The summed E-state index contributed by atoms with van der Waals surface area (Å²) >= 11 is 1.66.